The van der Waals surface area contributed by atoms with Gasteiger partial charge in [-0.3, -0.25) is 0 Å². The van der Waals surface area contributed by atoms with E-state index in [1.807, 2.05) is 25.1 Å². The maximum Gasteiger partial charge on any atom is 0.123 e. The van der Waals surface area contributed by atoms with E-state index in [-0.39, 0.29) is 11.7 Å². The van der Waals surface area contributed by atoms with Crippen molar-refractivity contribution in [2.45, 2.75) is 37.7 Å². The molecule has 24 heavy (non-hydrogen) atoms. The van der Waals surface area contributed by atoms with E-state index in [1.165, 1.54) is 25.0 Å². The van der Waals surface area contributed by atoms with Gasteiger partial charge in [-0.1, -0.05) is 49.4 Å². The van der Waals surface area contributed by atoms with Crippen molar-refractivity contribution in [1.29, 1.82) is 0 Å². The lowest BCUT2D eigenvalue weighted by Gasteiger charge is -2.38. The van der Waals surface area contributed by atoms with Gasteiger partial charge in [-0.25, -0.2) is 4.39 Å². The summed E-state index contributed by atoms with van der Waals surface area (Å²) in [6, 6.07) is 16.5. The van der Waals surface area contributed by atoms with Gasteiger partial charge in [0.05, 0.1) is 5.60 Å². The van der Waals surface area contributed by atoms with Crippen molar-refractivity contribution in [1.82, 2.24) is 4.90 Å². The fourth-order valence-electron chi connectivity index (χ4n) is 3.83. The molecule has 0 radical (unpaired) electrons. The third kappa shape index (κ3) is 3.52. The van der Waals surface area contributed by atoms with Crippen LogP contribution in [0.3, 0.4) is 0 Å². The van der Waals surface area contributed by atoms with E-state index in [2.05, 4.69) is 17.0 Å². The Hall–Kier alpha value is -1.71. The third-order valence-corrected chi connectivity index (χ3v) is 5.30. The molecule has 0 saturated carbocycles. The standard InChI is InChI=1S/C21H26FNO/c1-2-21(24,18-10-12-19(22)13-11-18)20(16-23-14-6-7-15-23)17-8-4-3-5-9-17/h3-5,8-13,20,24H,2,6-7,14-16H2,1H3/t20-,21-/m0/s1. The molecule has 1 N–H and O–H groups in total. The minimum absolute atomic E-state index is 0.0349. The molecule has 0 bridgehead atoms. The zero-order valence-electron chi connectivity index (χ0n) is 14.3. The van der Waals surface area contributed by atoms with Crippen LogP contribution in [0.2, 0.25) is 0 Å². The quantitative estimate of drug-likeness (QED) is 0.855. The molecule has 2 atom stereocenters. The fraction of sp³-hybridized carbons (Fsp3) is 0.429. The van der Waals surface area contributed by atoms with Gasteiger partial charge in [-0.2, -0.15) is 0 Å². The van der Waals surface area contributed by atoms with Gasteiger partial charge in [0.15, 0.2) is 0 Å². The van der Waals surface area contributed by atoms with Crippen LogP contribution in [0.15, 0.2) is 54.6 Å². The zero-order valence-corrected chi connectivity index (χ0v) is 14.3. The van der Waals surface area contributed by atoms with Gasteiger partial charge in [0, 0.05) is 12.5 Å². The van der Waals surface area contributed by atoms with Crippen LogP contribution < -0.4 is 0 Å². The van der Waals surface area contributed by atoms with Gasteiger partial charge in [-0.05, 0) is 55.6 Å². The van der Waals surface area contributed by atoms with Gasteiger partial charge < -0.3 is 10.0 Å². The molecular formula is C21H26FNO. The molecule has 0 unspecified atom stereocenters. The van der Waals surface area contributed by atoms with Crippen LogP contribution in [0.25, 0.3) is 0 Å². The third-order valence-electron chi connectivity index (χ3n) is 5.30. The highest BCUT2D eigenvalue weighted by atomic mass is 19.1. The number of benzene rings is 2. The van der Waals surface area contributed by atoms with Crippen molar-refractivity contribution in [2.24, 2.45) is 0 Å². The lowest BCUT2D eigenvalue weighted by atomic mass is 9.75. The molecule has 3 heteroatoms. The highest BCUT2D eigenvalue weighted by Gasteiger charge is 2.39. The maximum atomic E-state index is 13.3. The van der Waals surface area contributed by atoms with Crippen molar-refractivity contribution in [2.75, 3.05) is 19.6 Å². The maximum absolute atomic E-state index is 13.3. The predicted octanol–water partition coefficient (Wildman–Crippen LogP) is 4.30. The monoisotopic (exact) mass is 327 g/mol. The van der Waals surface area contributed by atoms with Gasteiger partial charge in [0.2, 0.25) is 0 Å². The van der Waals surface area contributed by atoms with Crippen molar-refractivity contribution < 1.29 is 9.50 Å². The van der Waals surface area contributed by atoms with Crippen LogP contribution in [-0.2, 0) is 5.60 Å². The summed E-state index contributed by atoms with van der Waals surface area (Å²) in [6.07, 6.45) is 3.04. The first-order valence-corrected chi connectivity index (χ1v) is 8.89. The second kappa shape index (κ2) is 7.45. The summed E-state index contributed by atoms with van der Waals surface area (Å²) >= 11 is 0. The van der Waals surface area contributed by atoms with Crippen LogP contribution in [0.5, 0.6) is 0 Å². The van der Waals surface area contributed by atoms with Crippen LogP contribution in [0.4, 0.5) is 4.39 Å². The van der Waals surface area contributed by atoms with Crippen LogP contribution in [0.1, 0.15) is 43.2 Å². The number of hydrogen-bond acceptors (Lipinski definition) is 2. The topological polar surface area (TPSA) is 23.5 Å². The number of aliphatic hydroxyl groups is 1. The molecule has 0 aromatic heterocycles. The summed E-state index contributed by atoms with van der Waals surface area (Å²) in [4.78, 5) is 2.43. The van der Waals surface area contributed by atoms with Gasteiger partial charge in [0.25, 0.3) is 0 Å². The molecule has 128 valence electrons. The summed E-state index contributed by atoms with van der Waals surface area (Å²) in [6.45, 7) is 5.01. The van der Waals surface area contributed by atoms with Crippen molar-refractivity contribution >= 4 is 0 Å². The molecule has 1 fully saturated rings. The second-order valence-electron chi connectivity index (χ2n) is 6.76. The SMILES string of the molecule is CC[C@](O)(c1ccc(F)cc1)[C@@H](CN1CCCC1)c1ccccc1. The van der Waals surface area contributed by atoms with E-state index in [0.717, 1.165) is 30.8 Å². The van der Waals surface area contributed by atoms with Crippen LogP contribution >= 0.6 is 0 Å². The molecule has 1 aliphatic heterocycles. The first kappa shape index (κ1) is 17.1. The van der Waals surface area contributed by atoms with E-state index in [1.54, 1.807) is 12.1 Å². The molecule has 3 rings (SSSR count). The highest BCUT2D eigenvalue weighted by molar-refractivity contribution is 5.32. The Morgan fingerprint density at radius 2 is 1.67 bits per heavy atom. The fourth-order valence-corrected chi connectivity index (χ4v) is 3.83. The molecule has 2 nitrogen and oxygen atoms in total. The highest BCUT2D eigenvalue weighted by Crippen LogP contribution is 2.40. The minimum atomic E-state index is -1.00. The predicted molar refractivity (Wildman–Crippen MR) is 95.4 cm³/mol. The molecule has 1 heterocycles. The number of hydrogen-bond donors (Lipinski definition) is 1. The number of rotatable bonds is 6. The van der Waals surface area contributed by atoms with Gasteiger partial charge in [0.1, 0.15) is 5.82 Å². The normalized spacial score (nSPS) is 19.1. The minimum Gasteiger partial charge on any atom is -0.384 e. The summed E-state index contributed by atoms with van der Waals surface area (Å²) in [5, 5.41) is 11.6. The average Bonchev–Trinajstić information content (AvgIpc) is 3.14. The van der Waals surface area contributed by atoms with Crippen LogP contribution in [-0.4, -0.2) is 29.6 Å². The molecule has 1 aliphatic rings. The Bertz CT molecular complexity index is 637. The number of likely N-dealkylation sites (tertiary alicyclic amines) is 1. The molecule has 0 aliphatic carbocycles. The van der Waals surface area contributed by atoms with Crippen molar-refractivity contribution in [3.63, 3.8) is 0 Å². The molecule has 0 spiro atoms. The lowest BCUT2D eigenvalue weighted by molar-refractivity contribution is -0.00679. The average molecular weight is 327 g/mol. The van der Waals surface area contributed by atoms with Crippen molar-refractivity contribution in [3.8, 4) is 0 Å². The van der Waals surface area contributed by atoms with E-state index >= 15 is 0 Å². The largest absolute Gasteiger partial charge is 0.384 e. The molecular weight excluding hydrogens is 301 g/mol. The number of halogens is 1. The van der Waals surface area contributed by atoms with E-state index in [9.17, 15) is 9.50 Å². The van der Waals surface area contributed by atoms with E-state index in [4.69, 9.17) is 0 Å². The number of nitrogens with zero attached hydrogens (tertiary/aromatic N) is 1. The van der Waals surface area contributed by atoms with Gasteiger partial charge in [-0.15, -0.1) is 0 Å². The first-order valence-electron chi connectivity index (χ1n) is 8.89. The molecule has 2 aromatic carbocycles. The van der Waals surface area contributed by atoms with Crippen molar-refractivity contribution in [3.05, 3.63) is 71.5 Å². The molecule has 1 saturated heterocycles. The Kier molecular flexibility index (Phi) is 5.32. The van der Waals surface area contributed by atoms with E-state index < -0.39 is 5.60 Å². The molecule has 0 amide bonds. The van der Waals surface area contributed by atoms with Crippen LogP contribution in [0, 0.1) is 5.82 Å². The summed E-state index contributed by atoms with van der Waals surface area (Å²) in [5.74, 6) is -0.305. The van der Waals surface area contributed by atoms with E-state index in [0.29, 0.717) is 6.42 Å². The Morgan fingerprint density at radius 1 is 1.04 bits per heavy atom. The summed E-state index contributed by atoms with van der Waals surface area (Å²) in [7, 11) is 0. The zero-order chi connectivity index (χ0) is 17.0. The Balaban J connectivity index is 1.98. The van der Waals surface area contributed by atoms with Gasteiger partial charge >= 0.3 is 0 Å². The molecule has 2 aromatic rings. The Morgan fingerprint density at radius 3 is 2.25 bits per heavy atom. The summed E-state index contributed by atoms with van der Waals surface area (Å²) in [5.41, 5.74) is 0.926. The first-order chi connectivity index (χ1) is 11.6. The lowest BCUT2D eigenvalue weighted by Crippen LogP contribution is -2.40. The Labute approximate surface area is 143 Å². The second-order valence-corrected chi connectivity index (χ2v) is 6.76. The smallest absolute Gasteiger partial charge is 0.123 e. The summed E-state index contributed by atoms with van der Waals surface area (Å²) < 4.78 is 13.3.